The van der Waals surface area contributed by atoms with Gasteiger partial charge in [0.25, 0.3) is 0 Å². The number of hydrogen-bond acceptors (Lipinski definition) is 4. The van der Waals surface area contributed by atoms with Crippen molar-refractivity contribution in [3.8, 4) is 0 Å². The molecule has 1 aromatic carbocycles. The summed E-state index contributed by atoms with van der Waals surface area (Å²) in [4.78, 5) is 0.130. The fourth-order valence-electron chi connectivity index (χ4n) is 1.78. The maximum Gasteiger partial charge on any atom is 0.245 e. The van der Waals surface area contributed by atoms with E-state index in [1.54, 1.807) is 26.0 Å². The van der Waals surface area contributed by atoms with Gasteiger partial charge in [-0.05, 0) is 38.0 Å². The predicted molar refractivity (Wildman–Crippen MR) is 71.8 cm³/mol. The number of rotatable bonds is 4. The average Bonchev–Trinajstić information content (AvgIpc) is 2.22. The molecule has 0 saturated carbocycles. The topological polar surface area (TPSA) is 83.6 Å². The molecule has 0 aliphatic heterocycles. The van der Waals surface area contributed by atoms with Crippen LogP contribution in [0.4, 0.5) is 5.69 Å². The monoisotopic (exact) mass is 272 g/mol. The van der Waals surface area contributed by atoms with Gasteiger partial charge in [0.15, 0.2) is 0 Å². The Morgan fingerprint density at radius 2 is 1.94 bits per heavy atom. The lowest BCUT2D eigenvalue weighted by atomic mass is 10.1. The number of nitrogens with zero attached hydrogens (tertiary/aromatic N) is 1. The number of benzene rings is 1. The van der Waals surface area contributed by atoms with Crippen molar-refractivity contribution in [2.45, 2.75) is 31.8 Å². The normalized spacial score (nSPS) is 13.9. The SMILES string of the molecule is Cc1ccc(N)c(S(=O)(=O)N(C)CC(C)O)c1C. The van der Waals surface area contributed by atoms with Gasteiger partial charge in [0.05, 0.1) is 11.8 Å². The first-order valence-corrected chi connectivity index (χ1v) is 7.12. The molecule has 1 rings (SSSR count). The van der Waals surface area contributed by atoms with E-state index in [9.17, 15) is 13.5 Å². The zero-order chi connectivity index (χ0) is 14.1. The van der Waals surface area contributed by atoms with Crippen LogP contribution < -0.4 is 5.73 Å². The van der Waals surface area contributed by atoms with Crippen LogP contribution in [0.2, 0.25) is 0 Å². The smallest absolute Gasteiger partial charge is 0.245 e. The van der Waals surface area contributed by atoms with Crippen molar-refractivity contribution in [1.29, 1.82) is 0 Å². The van der Waals surface area contributed by atoms with E-state index in [0.29, 0.717) is 5.56 Å². The molecule has 0 fully saturated rings. The van der Waals surface area contributed by atoms with Crippen LogP contribution in [0, 0.1) is 13.8 Å². The zero-order valence-electron chi connectivity index (χ0n) is 11.1. The molecule has 0 aromatic heterocycles. The zero-order valence-corrected chi connectivity index (χ0v) is 12.0. The van der Waals surface area contributed by atoms with Gasteiger partial charge in [0.2, 0.25) is 10.0 Å². The van der Waals surface area contributed by atoms with Crippen LogP contribution in [-0.4, -0.2) is 37.5 Å². The molecule has 0 bridgehead atoms. The lowest BCUT2D eigenvalue weighted by Crippen LogP contribution is -2.34. The quantitative estimate of drug-likeness (QED) is 0.797. The Labute approximate surface area is 108 Å². The highest BCUT2D eigenvalue weighted by Gasteiger charge is 2.26. The van der Waals surface area contributed by atoms with Gasteiger partial charge in [0.1, 0.15) is 4.90 Å². The number of anilines is 1. The standard InChI is InChI=1S/C12H20N2O3S/c1-8-5-6-11(13)12(10(8)3)18(16,17)14(4)7-9(2)15/h5-6,9,15H,7,13H2,1-4H3. The maximum absolute atomic E-state index is 12.4. The second-order valence-electron chi connectivity index (χ2n) is 4.56. The minimum absolute atomic E-state index is 0.0369. The van der Waals surface area contributed by atoms with Crippen molar-refractivity contribution < 1.29 is 13.5 Å². The van der Waals surface area contributed by atoms with Gasteiger partial charge in [-0.25, -0.2) is 8.42 Å². The Bertz CT molecular complexity index is 538. The summed E-state index contributed by atoms with van der Waals surface area (Å²) in [6.07, 6.45) is -0.726. The van der Waals surface area contributed by atoms with Crippen LogP contribution >= 0.6 is 0 Å². The van der Waals surface area contributed by atoms with E-state index in [4.69, 9.17) is 5.73 Å². The van der Waals surface area contributed by atoms with E-state index in [1.165, 1.54) is 7.05 Å². The molecule has 0 saturated heterocycles. The van der Waals surface area contributed by atoms with Gasteiger partial charge >= 0.3 is 0 Å². The first-order chi connectivity index (χ1) is 8.17. The number of hydrogen-bond donors (Lipinski definition) is 2. The van der Waals surface area contributed by atoms with Crippen LogP contribution in [0.5, 0.6) is 0 Å². The number of aryl methyl sites for hydroxylation is 1. The number of nitrogens with two attached hydrogens (primary N) is 1. The number of likely N-dealkylation sites (N-methyl/N-ethyl adjacent to an activating group) is 1. The molecule has 0 amide bonds. The average molecular weight is 272 g/mol. The molecular formula is C12H20N2O3S. The molecule has 3 N–H and O–H groups in total. The number of nitrogen functional groups attached to an aromatic ring is 1. The molecule has 0 spiro atoms. The van der Waals surface area contributed by atoms with Gasteiger partial charge in [-0.3, -0.25) is 0 Å². The first kappa shape index (κ1) is 14.9. The highest BCUT2D eigenvalue weighted by Crippen LogP contribution is 2.27. The molecule has 5 nitrogen and oxygen atoms in total. The molecule has 0 aliphatic carbocycles. The molecule has 1 atom stereocenters. The van der Waals surface area contributed by atoms with Crippen LogP contribution in [-0.2, 0) is 10.0 Å². The third kappa shape index (κ3) is 2.82. The van der Waals surface area contributed by atoms with Crippen molar-refractivity contribution in [1.82, 2.24) is 4.31 Å². The summed E-state index contributed by atoms with van der Waals surface area (Å²) in [6.45, 7) is 5.14. The second-order valence-corrected chi connectivity index (χ2v) is 6.54. The third-order valence-corrected chi connectivity index (χ3v) is 4.92. The summed E-state index contributed by atoms with van der Waals surface area (Å²) in [5, 5.41) is 9.29. The second kappa shape index (κ2) is 5.26. The molecular weight excluding hydrogens is 252 g/mol. The van der Waals surface area contributed by atoms with Gasteiger partial charge in [-0.2, -0.15) is 4.31 Å². The number of aliphatic hydroxyl groups excluding tert-OH is 1. The lowest BCUT2D eigenvalue weighted by molar-refractivity contribution is 0.171. The molecule has 1 aromatic rings. The summed E-state index contributed by atoms with van der Waals surface area (Å²) in [7, 11) is -2.24. The molecule has 18 heavy (non-hydrogen) atoms. The summed E-state index contributed by atoms with van der Waals surface area (Å²) in [6, 6.07) is 3.38. The van der Waals surface area contributed by atoms with Crippen LogP contribution in [0.25, 0.3) is 0 Å². The highest BCUT2D eigenvalue weighted by atomic mass is 32.2. The fraction of sp³-hybridized carbons (Fsp3) is 0.500. The predicted octanol–water partition coefficient (Wildman–Crippen LogP) is 0.887. The summed E-state index contributed by atoms with van der Waals surface area (Å²) in [5.74, 6) is 0. The minimum Gasteiger partial charge on any atom is -0.398 e. The summed E-state index contributed by atoms with van der Waals surface area (Å²) >= 11 is 0. The van der Waals surface area contributed by atoms with E-state index in [1.807, 2.05) is 6.92 Å². The molecule has 1 unspecified atom stereocenters. The Hall–Kier alpha value is -1.11. The molecule has 0 aliphatic rings. The summed E-state index contributed by atoms with van der Waals surface area (Å²) in [5.41, 5.74) is 7.52. The number of aliphatic hydroxyl groups is 1. The Morgan fingerprint density at radius 3 is 2.44 bits per heavy atom. The van der Waals surface area contributed by atoms with Gasteiger partial charge in [-0.1, -0.05) is 6.07 Å². The van der Waals surface area contributed by atoms with Crippen LogP contribution in [0.15, 0.2) is 17.0 Å². The van der Waals surface area contributed by atoms with Crippen molar-refractivity contribution in [3.05, 3.63) is 23.3 Å². The first-order valence-electron chi connectivity index (χ1n) is 5.68. The molecule has 0 heterocycles. The van der Waals surface area contributed by atoms with Gasteiger partial charge < -0.3 is 10.8 Å². The van der Waals surface area contributed by atoms with Gasteiger partial charge in [-0.15, -0.1) is 0 Å². The Balaban J connectivity index is 3.33. The fourth-order valence-corrected chi connectivity index (χ4v) is 3.42. The van der Waals surface area contributed by atoms with Crippen molar-refractivity contribution >= 4 is 15.7 Å². The minimum atomic E-state index is -3.67. The third-order valence-electron chi connectivity index (χ3n) is 2.90. The highest BCUT2D eigenvalue weighted by molar-refractivity contribution is 7.89. The molecule has 0 radical (unpaired) electrons. The van der Waals surface area contributed by atoms with E-state index in [2.05, 4.69) is 0 Å². The van der Waals surface area contributed by atoms with E-state index >= 15 is 0 Å². The largest absolute Gasteiger partial charge is 0.398 e. The lowest BCUT2D eigenvalue weighted by Gasteiger charge is -2.21. The number of sulfonamides is 1. The van der Waals surface area contributed by atoms with Crippen LogP contribution in [0.1, 0.15) is 18.1 Å². The molecule has 102 valence electrons. The maximum atomic E-state index is 12.4. The van der Waals surface area contributed by atoms with Crippen LogP contribution in [0.3, 0.4) is 0 Å². The summed E-state index contributed by atoms with van der Waals surface area (Å²) < 4.78 is 25.9. The van der Waals surface area contributed by atoms with Crippen molar-refractivity contribution in [2.75, 3.05) is 19.3 Å². The van der Waals surface area contributed by atoms with Gasteiger partial charge in [0, 0.05) is 13.6 Å². The Kier molecular flexibility index (Phi) is 4.37. The van der Waals surface area contributed by atoms with E-state index in [0.717, 1.165) is 9.87 Å². The van der Waals surface area contributed by atoms with Crippen molar-refractivity contribution in [2.24, 2.45) is 0 Å². The van der Waals surface area contributed by atoms with Crippen molar-refractivity contribution in [3.63, 3.8) is 0 Å². The Morgan fingerprint density at radius 1 is 1.39 bits per heavy atom. The van der Waals surface area contributed by atoms with E-state index in [-0.39, 0.29) is 17.1 Å². The molecule has 6 heteroatoms. The van der Waals surface area contributed by atoms with E-state index < -0.39 is 16.1 Å².